The molecule has 25 heavy (non-hydrogen) atoms. The molecule has 6 heteroatoms. The molecular formula is C19H17Cl2N3O. The molecule has 2 aromatic carbocycles. The molecule has 0 atom stereocenters. The highest BCUT2D eigenvalue weighted by Gasteiger charge is 2.12. The van der Waals surface area contributed by atoms with Crippen molar-refractivity contribution in [2.24, 2.45) is 0 Å². The highest BCUT2D eigenvalue weighted by atomic mass is 35.5. The Balaban J connectivity index is 2.20. The van der Waals surface area contributed by atoms with Crippen molar-refractivity contribution in [3.05, 3.63) is 69.3 Å². The summed E-state index contributed by atoms with van der Waals surface area (Å²) >= 11 is 11.9. The molecule has 0 heterocycles. The van der Waals surface area contributed by atoms with E-state index in [1.54, 1.807) is 12.1 Å². The van der Waals surface area contributed by atoms with E-state index in [-0.39, 0.29) is 5.57 Å². The first-order valence-corrected chi connectivity index (χ1v) is 8.43. The zero-order valence-electron chi connectivity index (χ0n) is 13.9. The molecule has 0 aliphatic carbocycles. The van der Waals surface area contributed by atoms with Gasteiger partial charge in [-0.1, -0.05) is 48.3 Å². The van der Waals surface area contributed by atoms with Gasteiger partial charge in [0.25, 0.3) is 5.91 Å². The van der Waals surface area contributed by atoms with E-state index < -0.39 is 5.91 Å². The third-order valence-electron chi connectivity index (χ3n) is 3.65. The van der Waals surface area contributed by atoms with Crippen LogP contribution in [0, 0.1) is 18.3 Å². The molecule has 0 bridgehead atoms. The second kappa shape index (κ2) is 8.57. The first-order valence-electron chi connectivity index (χ1n) is 7.68. The lowest BCUT2D eigenvalue weighted by Gasteiger charge is -2.12. The summed E-state index contributed by atoms with van der Waals surface area (Å²) < 4.78 is 0. The van der Waals surface area contributed by atoms with Gasteiger partial charge in [-0.15, -0.1) is 0 Å². The van der Waals surface area contributed by atoms with Crippen molar-refractivity contribution in [1.82, 2.24) is 0 Å². The maximum Gasteiger partial charge on any atom is 0.267 e. The number of nitrogens with one attached hydrogen (secondary N) is 2. The number of para-hydroxylation sites is 1. The summed E-state index contributed by atoms with van der Waals surface area (Å²) in [5, 5.41) is 15.7. The van der Waals surface area contributed by atoms with Gasteiger partial charge < -0.3 is 10.6 Å². The molecule has 0 saturated heterocycles. The second-order valence-corrected chi connectivity index (χ2v) is 6.20. The number of hydrogen-bond donors (Lipinski definition) is 2. The number of nitrogens with zero attached hydrogens (tertiary/aromatic N) is 1. The Kier molecular flexibility index (Phi) is 6.46. The van der Waals surface area contributed by atoms with Crippen molar-refractivity contribution in [2.75, 3.05) is 10.6 Å². The van der Waals surface area contributed by atoms with Crippen molar-refractivity contribution in [3.63, 3.8) is 0 Å². The fourth-order valence-electron chi connectivity index (χ4n) is 2.30. The SMILES string of the molecule is CCc1cccc(C)c1N/C=C(/C#N)C(=O)Nc1ccc(Cl)cc1Cl. The predicted octanol–water partition coefficient (Wildman–Crippen LogP) is 5.32. The molecule has 4 nitrogen and oxygen atoms in total. The number of anilines is 2. The number of carbonyl (C=O) groups is 1. The van der Waals surface area contributed by atoms with Crippen LogP contribution >= 0.6 is 23.2 Å². The van der Waals surface area contributed by atoms with E-state index in [9.17, 15) is 10.1 Å². The third kappa shape index (κ3) is 4.76. The van der Waals surface area contributed by atoms with Crippen LogP contribution in [-0.2, 0) is 11.2 Å². The van der Waals surface area contributed by atoms with Gasteiger partial charge in [-0.3, -0.25) is 4.79 Å². The van der Waals surface area contributed by atoms with Crippen LogP contribution in [0.2, 0.25) is 10.0 Å². The standard InChI is InChI=1S/C19H17Cl2N3O/c1-3-13-6-4-5-12(2)18(13)23-11-14(10-22)19(25)24-17-8-7-15(20)9-16(17)21/h4-9,11,23H,3H2,1-2H3,(H,24,25)/b14-11-. The summed E-state index contributed by atoms with van der Waals surface area (Å²) in [5.74, 6) is -0.550. The molecular weight excluding hydrogens is 357 g/mol. The summed E-state index contributed by atoms with van der Waals surface area (Å²) in [6, 6.07) is 12.6. The first-order chi connectivity index (χ1) is 12.0. The smallest absolute Gasteiger partial charge is 0.267 e. The summed E-state index contributed by atoms with van der Waals surface area (Å²) in [4.78, 5) is 12.3. The Morgan fingerprint density at radius 3 is 2.68 bits per heavy atom. The van der Waals surface area contributed by atoms with E-state index in [1.807, 2.05) is 38.1 Å². The van der Waals surface area contributed by atoms with Crippen LogP contribution in [0.15, 0.2) is 48.2 Å². The molecule has 2 N–H and O–H groups in total. The largest absolute Gasteiger partial charge is 0.360 e. The van der Waals surface area contributed by atoms with Crippen LogP contribution in [0.25, 0.3) is 0 Å². The molecule has 2 rings (SSSR count). The number of amides is 1. The van der Waals surface area contributed by atoms with Crippen molar-refractivity contribution in [2.45, 2.75) is 20.3 Å². The van der Waals surface area contributed by atoms with Crippen molar-refractivity contribution in [1.29, 1.82) is 5.26 Å². The quantitative estimate of drug-likeness (QED) is 0.550. The number of rotatable bonds is 5. The minimum absolute atomic E-state index is 0.0590. The Hall–Kier alpha value is -2.48. The zero-order valence-corrected chi connectivity index (χ0v) is 15.4. The minimum Gasteiger partial charge on any atom is -0.360 e. The summed E-state index contributed by atoms with van der Waals surface area (Å²) in [6.45, 7) is 4.01. The topological polar surface area (TPSA) is 64.9 Å². The molecule has 0 fully saturated rings. The van der Waals surface area contributed by atoms with Gasteiger partial charge in [0.1, 0.15) is 11.6 Å². The minimum atomic E-state index is -0.550. The molecule has 0 aliphatic rings. The highest BCUT2D eigenvalue weighted by molar-refractivity contribution is 6.36. The Labute approximate surface area is 157 Å². The first kappa shape index (κ1) is 18.9. The highest BCUT2D eigenvalue weighted by Crippen LogP contribution is 2.26. The van der Waals surface area contributed by atoms with E-state index in [4.69, 9.17) is 23.2 Å². The predicted molar refractivity (Wildman–Crippen MR) is 103 cm³/mol. The van der Waals surface area contributed by atoms with Crippen LogP contribution in [0.4, 0.5) is 11.4 Å². The third-order valence-corrected chi connectivity index (χ3v) is 4.19. The number of halogens is 2. The van der Waals surface area contributed by atoms with Gasteiger partial charge in [-0.25, -0.2) is 0 Å². The van der Waals surface area contributed by atoms with E-state index in [1.165, 1.54) is 12.3 Å². The molecule has 0 unspecified atom stereocenters. The number of hydrogen-bond acceptors (Lipinski definition) is 3. The summed E-state index contributed by atoms with van der Waals surface area (Å²) in [6.07, 6.45) is 2.24. The fourth-order valence-corrected chi connectivity index (χ4v) is 2.76. The molecule has 0 spiro atoms. The van der Waals surface area contributed by atoms with Crippen LogP contribution < -0.4 is 10.6 Å². The maximum absolute atomic E-state index is 12.3. The lowest BCUT2D eigenvalue weighted by Crippen LogP contribution is -2.15. The van der Waals surface area contributed by atoms with E-state index in [2.05, 4.69) is 10.6 Å². The van der Waals surface area contributed by atoms with Crippen molar-refractivity contribution < 1.29 is 4.79 Å². The van der Waals surface area contributed by atoms with Gasteiger partial charge >= 0.3 is 0 Å². The fraction of sp³-hybridized carbons (Fsp3) is 0.158. The Morgan fingerprint density at radius 2 is 2.04 bits per heavy atom. The zero-order chi connectivity index (χ0) is 18.4. The van der Waals surface area contributed by atoms with E-state index in [0.29, 0.717) is 15.7 Å². The molecule has 1 amide bonds. The number of nitriles is 1. The van der Waals surface area contributed by atoms with Crippen LogP contribution in [0.3, 0.4) is 0 Å². The van der Waals surface area contributed by atoms with Gasteiger partial charge in [0.2, 0.25) is 0 Å². The lowest BCUT2D eigenvalue weighted by atomic mass is 10.1. The van der Waals surface area contributed by atoms with Gasteiger partial charge in [0, 0.05) is 16.9 Å². The van der Waals surface area contributed by atoms with Crippen LogP contribution in [-0.4, -0.2) is 5.91 Å². The van der Waals surface area contributed by atoms with Gasteiger partial charge in [-0.2, -0.15) is 5.26 Å². The normalized spacial score (nSPS) is 10.9. The molecule has 0 aromatic heterocycles. The van der Waals surface area contributed by atoms with Gasteiger partial charge in [0.05, 0.1) is 10.7 Å². The number of carbonyl (C=O) groups excluding carboxylic acids is 1. The number of benzene rings is 2. The van der Waals surface area contributed by atoms with E-state index >= 15 is 0 Å². The van der Waals surface area contributed by atoms with Gasteiger partial charge in [-0.05, 0) is 42.7 Å². The molecule has 2 aromatic rings. The van der Waals surface area contributed by atoms with Crippen molar-refractivity contribution >= 4 is 40.5 Å². The van der Waals surface area contributed by atoms with E-state index in [0.717, 1.165) is 23.2 Å². The summed E-state index contributed by atoms with van der Waals surface area (Å²) in [5.41, 5.74) is 3.37. The summed E-state index contributed by atoms with van der Waals surface area (Å²) in [7, 11) is 0. The Bertz CT molecular complexity index is 869. The monoisotopic (exact) mass is 373 g/mol. The Morgan fingerprint density at radius 1 is 1.28 bits per heavy atom. The van der Waals surface area contributed by atoms with Crippen LogP contribution in [0.1, 0.15) is 18.1 Å². The molecule has 128 valence electrons. The average molecular weight is 374 g/mol. The van der Waals surface area contributed by atoms with Gasteiger partial charge in [0.15, 0.2) is 0 Å². The van der Waals surface area contributed by atoms with Crippen molar-refractivity contribution in [3.8, 4) is 6.07 Å². The van der Waals surface area contributed by atoms with Crippen LogP contribution in [0.5, 0.6) is 0 Å². The molecule has 0 radical (unpaired) electrons. The maximum atomic E-state index is 12.3. The second-order valence-electron chi connectivity index (χ2n) is 5.36. The lowest BCUT2D eigenvalue weighted by molar-refractivity contribution is -0.112. The molecule has 0 saturated carbocycles. The average Bonchev–Trinajstić information content (AvgIpc) is 2.59. The molecule has 0 aliphatic heterocycles. The number of aryl methyl sites for hydroxylation is 2.